The average molecular weight is 428 g/mol. The van der Waals surface area contributed by atoms with E-state index in [1.165, 1.54) is 24.3 Å². The topological polar surface area (TPSA) is 0 Å². The first-order valence-corrected chi connectivity index (χ1v) is 10.1. The first-order valence-electron chi connectivity index (χ1n) is 10.1. The van der Waals surface area contributed by atoms with Gasteiger partial charge in [0.05, 0.1) is 5.56 Å². The van der Waals surface area contributed by atoms with Gasteiger partial charge >= 0.3 is 6.18 Å². The van der Waals surface area contributed by atoms with Gasteiger partial charge in [-0.05, 0) is 52.8 Å². The molecule has 0 fully saturated rings. The second-order valence-electron chi connectivity index (χ2n) is 7.29. The van der Waals surface area contributed by atoms with Gasteiger partial charge in [-0.3, -0.25) is 0 Å². The Morgan fingerprint density at radius 1 is 0.710 bits per heavy atom. The highest BCUT2D eigenvalue weighted by Crippen LogP contribution is 2.28. The summed E-state index contributed by atoms with van der Waals surface area (Å²) < 4.78 is 64.9. The molecular weight excluding hydrogens is 407 g/mol. The summed E-state index contributed by atoms with van der Waals surface area (Å²) in [6.45, 7) is 2.17. The first kappa shape index (κ1) is 22.6. The number of benzene rings is 3. The van der Waals surface area contributed by atoms with Crippen LogP contribution >= 0.6 is 0 Å². The van der Waals surface area contributed by atoms with Gasteiger partial charge < -0.3 is 0 Å². The lowest BCUT2D eigenvalue weighted by molar-refractivity contribution is -0.0696. The largest absolute Gasteiger partial charge is 0.458 e. The van der Waals surface area contributed by atoms with E-state index in [2.05, 4.69) is 19.1 Å². The third-order valence-electron chi connectivity index (χ3n) is 4.95. The molecule has 0 atom stereocenters. The number of halogens is 5. The summed E-state index contributed by atoms with van der Waals surface area (Å²) in [7, 11) is 0. The lowest BCUT2D eigenvalue weighted by atomic mass is 9.98. The molecule has 3 aromatic rings. The summed E-state index contributed by atoms with van der Waals surface area (Å²) in [6, 6.07) is 17.4. The quantitative estimate of drug-likeness (QED) is 0.212. The Bertz CT molecular complexity index is 1060. The molecule has 31 heavy (non-hydrogen) atoms. The third kappa shape index (κ3) is 6.18. The minimum Gasteiger partial charge on any atom is -0.205 e. The fourth-order valence-electron chi connectivity index (χ4n) is 3.29. The zero-order chi connectivity index (χ0) is 22.4. The Balaban J connectivity index is 1.79. The van der Waals surface area contributed by atoms with Crippen LogP contribution in [0.4, 0.5) is 22.0 Å². The Morgan fingerprint density at radius 2 is 1.19 bits per heavy atom. The van der Waals surface area contributed by atoms with Gasteiger partial charge in [0.2, 0.25) is 0 Å². The van der Waals surface area contributed by atoms with Gasteiger partial charge in [-0.1, -0.05) is 74.2 Å². The molecule has 0 bridgehead atoms. The van der Waals surface area contributed by atoms with E-state index in [0.717, 1.165) is 42.0 Å². The zero-order valence-corrected chi connectivity index (χ0v) is 17.0. The van der Waals surface area contributed by atoms with Crippen LogP contribution in [-0.4, -0.2) is 6.18 Å². The molecule has 160 valence electrons. The van der Waals surface area contributed by atoms with Crippen LogP contribution in [0.25, 0.3) is 22.3 Å². The maximum atomic E-state index is 14.2. The Hall–Kier alpha value is -3.13. The lowest BCUT2D eigenvalue weighted by Crippen LogP contribution is -2.02. The Labute approximate surface area is 178 Å². The maximum Gasteiger partial charge on any atom is 0.458 e. The molecule has 0 spiro atoms. The van der Waals surface area contributed by atoms with Crippen molar-refractivity contribution >= 4 is 0 Å². The highest BCUT2D eigenvalue weighted by atomic mass is 19.4. The second-order valence-corrected chi connectivity index (χ2v) is 7.29. The van der Waals surface area contributed by atoms with Crippen LogP contribution in [0.2, 0.25) is 0 Å². The summed E-state index contributed by atoms with van der Waals surface area (Å²) in [4.78, 5) is 0. The molecule has 0 N–H and O–H groups in total. The molecule has 0 aliphatic heterocycles. The van der Waals surface area contributed by atoms with Crippen LogP contribution in [-0.2, 0) is 6.42 Å². The molecule has 0 aromatic heterocycles. The van der Waals surface area contributed by atoms with Gasteiger partial charge in [-0.2, -0.15) is 13.2 Å². The molecule has 0 saturated heterocycles. The molecule has 3 rings (SSSR count). The van der Waals surface area contributed by atoms with Crippen LogP contribution in [0, 0.1) is 23.5 Å². The van der Waals surface area contributed by atoms with E-state index in [9.17, 15) is 22.0 Å². The predicted octanol–water partition coefficient (Wildman–Crippen LogP) is 7.95. The molecule has 5 heteroatoms. The standard InChI is InChI=1S/C26H21F5/c1-2-3-4-5-18-6-8-19(9-7-18)20-10-12-21(13-11-20)22-16-24(27)23(25(28)17-22)14-15-26(29,30)31/h6-13,16-17H,2-5H2,1H3. The summed E-state index contributed by atoms with van der Waals surface area (Å²) in [5.41, 5.74) is 3.15. The third-order valence-corrected chi connectivity index (χ3v) is 4.95. The van der Waals surface area contributed by atoms with Gasteiger partial charge in [0.15, 0.2) is 0 Å². The summed E-state index contributed by atoms with van der Waals surface area (Å²) >= 11 is 0. The van der Waals surface area contributed by atoms with E-state index < -0.39 is 23.4 Å². The van der Waals surface area contributed by atoms with Gasteiger partial charge in [0, 0.05) is 5.92 Å². The molecule has 0 amide bonds. The van der Waals surface area contributed by atoms with Crippen LogP contribution in [0.3, 0.4) is 0 Å². The van der Waals surface area contributed by atoms with Crippen LogP contribution in [0.1, 0.15) is 37.3 Å². The van der Waals surface area contributed by atoms with Gasteiger partial charge in [-0.15, -0.1) is 0 Å². The number of alkyl halides is 3. The monoisotopic (exact) mass is 428 g/mol. The summed E-state index contributed by atoms with van der Waals surface area (Å²) in [5, 5.41) is 0. The van der Waals surface area contributed by atoms with E-state index >= 15 is 0 Å². The van der Waals surface area contributed by atoms with Crippen LogP contribution in [0.5, 0.6) is 0 Å². The first-order chi connectivity index (χ1) is 14.8. The maximum absolute atomic E-state index is 14.2. The molecule has 0 saturated carbocycles. The van der Waals surface area contributed by atoms with Crippen molar-refractivity contribution in [1.29, 1.82) is 0 Å². The van der Waals surface area contributed by atoms with Crippen molar-refractivity contribution in [2.24, 2.45) is 0 Å². The Morgan fingerprint density at radius 3 is 1.68 bits per heavy atom. The molecule has 0 aliphatic rings. The second kappa shape index (κ2) is 9.78. The molecule has 3 aromatic carbocycles. The van der Waals surface area contributed by atoms with E-state index in [0.29, 0.717) is 5.56 Å². The molecule has 0 radical (unpaired) electrons. The average Bonchev–Trinajstić information content (AvgIpc) is 2.73. The summed E-state index contributed by atoms with van der Waals surface area (Å²) in [5.74, 6) is 0.158. The highest BCUT2D eigenvalue weighted by Gasteiger charge is 2.23. The van der Waals surface area contributed by atoms with Crippen molar-refractivity contribution < 1.29 is 22.0 Å². The van der Waals surface area contributed by atoms with E-state index in [-0.39, 0.29) is 5.56 Å². The van der Waals surface area contributed by atoms with E-state index in [1.807, 2.05) is 24.3 Å². The van der Waals surface area contributed by atoms with Crippen molar-refractivity contribution in [2.75, 3.05) is 0 Å². The Kier molecular flexibility index (Phi) is 7.12. The molecule has 0 aliphatic carbocycles. The van der Waals surface area contributed by atoms with E-state index in [4.69, 9.17) is 0 Å². The minimum atomic E-state index is -4.82. The SMILES string of the molecule is CCCCCc1ccc(-c2ccc(-c3cc(F)c(C#CC(F)(F)F)c(F)c3)cc2)cc1. The van der Waals surface area contributed by atoms with Crippen LogP contribution in [0.15, 0.2) is 60.7 Å². The smallest absolute Gasteiger partial charge is 0.205 e. The zero-order valence-electron chi connectivity index (χ0n) is 17.0. The number of aryl methyl sites for hydroxylation is 1. The van der Waals surface area contributed by atoms with Crippen molar-refractivity contribution in [3.8, 4) is 34.1 Å². The van der Waals surface area contributed by atoms with Crippen molar-refractivity contribution in [3.63, 3.8) is 0 Å². The minimum absolute atomic E-state index is 0.227. The van der Waals surface area contributed by atoms with Gasteiger partial charge in [0.25, 0.3) is 0 Å². The highest BCUT2D eigenvalue weighted by molar-refractivity contribution is 5.71. The summed E-state index contributed by atoms with van der Waals surface area (Å²) in [6.07, 6.45) is -0.213. The normalized spacial score (nSPS) is 11.2. The molecule has 0 heterocycles. The van der Waals surface area contributed by atoms with E-state index in [1.54, 1.807) is 12.1 Å². The lowest BCUT2D eigenvalue weighted by Gasteiger charge is -2.08. The number of hydrogen-bond donors (Lipinski definition) is 0. The van der Waals surface area contributed by atoms with Gasteiger partial charge in [-0.25, -0.2) is 8.78 Å². The number of unbranched alkanes of at least 4 members (excludes halogenated alkanes) is 2. The number of hydrogen-bond acceptors (Lipinski definition) is 0. The van der Waals surface area contributed by atoms with Gasteiger partial charge in [0.1, 0.15) is 11.6 Å². The number of rotatable bonds is 6. The molecule has 0 nitrogen and oxygen atoms in total. The fourth-order valence-corrected chi connectivity index (χ4v) is 3.29. The van der Waals surface area contributed by atoms with Crippen molar-refractivity contribution in [2.45, 2.75) is 38.8 Å². The fraction of sp³-hybridized carbons (Fsp3) is 0.231. The molecule has 0 unspecified atom stereocenters. The predicted molar refractivity (Wildman–Crippen MR) is 113 cm³/mol. The van der Waals surface area contributed by atoms with Crippen molar-refractivity contribution in [3.05, 3.63) is 83.4 Å². The molecular formula is C26H21F5. The van der Waals surface area contributed by atoms with Crippen LogP contribution < -0.4 is 0 Å². The van der Waals surface area contributed by atoms with Crippen molar-refractivity contribution in [1.82, 2.24) is 0 Å².